The molecule has 0 atom stereocenters. The highest BCUT2D eigenvalue weighted by atomic mass is 16.1. The fourth-order valence-corrected chi connectivity index (χ4v) is 1.54. The van der Waals surface area contributed by atoms with Gasteiger partial charge in [0.2, 0.25) is 5.91 Å². The fraction of sp³-hybridized carbons (Fsp3) is 0.375. The van der Waals surface area contributed by atoms with E-state index in [1.165, 1.54) is 12.1 Å². The molecule has 2 rings (SSSR count). The van der Waals surface area contributed by atoms with E-state index in [1.807, 2.05) is 12.3 Å². The molecule has 0 spiro atoms. The minimum Gasteiger partial charge on any atom is -0.366 e. The molecule has 0 bridgehead atoms. The van der Waals surface area contributed by atoms with Crippen molar-refractivity contribution in [3.8, 4) is 0 Å². The molecular weight excluding hydrogens is 140 g/mol. The molecule has 1 aliphatic rings. The van der Waals surface area contributed by atoms with Crippen LogP contribution in [0.5, 0.6) is 0 Å². The molecule has 1 amide bonds. The lowest BCUT2D eigenvalue weighted by Gasteiger charge is -1.91. The molecule has 0 fully saturated rings. The summed E-state index contributed by atoms with van der Waals surface area (Å²) in [5.74, 6) is -0.327. The van der Waals surface area contributed by atoms with Crippen molar-refractivity contribution in [1.29, 1.82) is 0 Å². The van der Waals surface area contributed by atoms with Gasteiger partial charge in [-0.2, -0.15) is 0 Å². The van der Waals surface area contributed by atoms with Crippen LogP contribution in [-0.4, -0.2) is 10.5 Å². The number of aryl methyl sites for hydroxylation is 2. The molecule has 3 nitrogen and oxygen atoms in total. The molecule has 3 heteroatoms. The summed E-state index contributed by atoms with van der Waals surface area (Å²) in [7, 11) is 0. The van der Waals surface area contributed by atoms with Crippen LogP contribution < -0.4 is 5.73 Å². The minimum atomic E-state index is -0.327. The van der Waals surface area contributed by atoms with E-state index < -0.39 is 0 Å². The number of hydrogen-bond donors (Lipinski definition) is 1. The summed E-state index contributed by atoms with van der Waals surface area (Å²) in [5.41, 5.74) is 7.00. The normalized spacial score (nSPS) is 14.9. The summed E-state index contributed by atoms with van der Waals surface area (Å²) in [6.07, 6.45) is 4.10. The Kier molecular flexibility index (Phi) is 1.24. The maximum absolute atomic E-state index is 10.7. The average Bonchev–Trinajstić information content (AvgIpc) is 2.40. The molecule has 2 N–H and O–H groups in total. The van der Waals surface area contributed by atoms with E-state index in [1.54, 1.807) is 0 Å². The first kappa shape index (κ1) is 6.46. The number of rotatable bonds is 1. The van der Waals surface area contributed by atoms with E-state index in [2.05, 4.69) is 4.57 Å². The molecule has 11 heavy (non-hydrogen) atoms. The summed E-state index contributed by atoms with van der Waals surface area (Å²) >= 11 is 0. The molecule has 0 saturated heterocycles. The topological polar surface area (TPSA) is 48.0 Å². The molecular formula is C8H10N2O. The Morgan fingerprint density at radius 2 is 2.45 bits per heavy atom. The van der Waals surface area contributed by atoms with Crippen LogP contribution in [0.25, 0.3) is 0 Å². The zero-order valence-electron chi connectivity index (χ0n) is 6.21. The van der Waals surface area contributed by atoms with Crippen molar-refractivity contribution in [3.63, 3.8) is 0 Å². The van der Waals surface area contributed by atoms with E-state index in [4.69, 9.17) is 5.73 Å². The molecule has 0 aromatic carbocycles. The molecule has 1 aromatic rings. The highest BCUT2D eigenvalue weighted by Crippen LogP contribution is 2.17. The first-order valence-corrected chi connectivity index (χ1v) is 3.76. The maximum Gasteiger partial charge on any atom is 0.250 e. The molecule has 1 aromatic heterocycles. The van der Waals surface area contributed by atoms with Gasteiger partial charge >= 0.3 is 0 Å². The van der Waals surface area contributed by atoms with Crippen molar-refractivity contribution in [3.05, 3.63) is 23.5 Å². The summed E-state index contributed by atoms with van der Waals surface area (Å²) < 4.78 is 2.10. The Bertz CT molecular complexity index is 280. The van der Waals surface area contributed by atoms with Gasteiger partial charge in [-0.3, -0.25) is 4.79 Å². The quantitative estimate of drug-likeness (QED) is 0.623. The van der Waals surface area contributed by atoms with Crippen LogP contribution in [0.2, 0.25) is 0 Å². The molecule has 0 aliphatic carbocycles. The van der Waals surface area contributed by atoms with Gasteiger partial charge in [0.05, 0.1) is 5.56 Å². The highest BCUT2D eigenvalue weighted by Gasteiger charge is 2.13. The van der Waals surface area contributed by atoms with Gasteiger partial charge in [-0.15, -0.1) is 0 Å². The van der Waals surface area contributed by atoms with Crippen molar-refractivity contribution in [2.45, 2.75) is 19.4 Å². The van der Waals surface area contributed by atoms with Crippen LogP contribution in [0, 0.1) is 0 Å². The number of primary amides is 1. The molecule has 1 aliphatic heterocycles. The monoisotopic (exact) mass is 150 g/mol. The zero-order chi connectivity index (χ0) is 7.84. The van der Waals surface area contributed by atoms with Crippen LogP contribution >= 0.6 is 0 Å². The third-order valence-electron chi connectivity index (χ3n) is 2.10. The van der Waals surface area contributed by atoms with E-state index in [9.17, 15) is 4.79 Å². The molecule has 0 unspecified atom stereocenters. The van der Waals surface area contributed by atoms with Gasteiger partial charge in [0.15, 0.2) is 0 Å². The molecule has 0 saturated carbocycles. The third kappa shape index (κ3) is 0.926. The van der Waals surface area contributed by atoms with E-state index in [0.29, 0.717) is 5.56 Å². The molecule has 58 valence electrons. The summed E-state index contributed by atoms with van der Waals surface area (Å²) in [6, 6.07) is 1.88. The van der Waals surface area contributed by atoms with Gasteiger partial charge in [-0.25, -0.2) is 0 Å². The van der Waals surface area contributed by atoms with Gasteiger partial charge in [-0.05, 0) is 18.9 Å². The number of fused-ring (bicyclic) bond motifs is 1. The van der Waals surface area contributed by atoms with Crippen LogP contribution in [0.3, 0.4) is 0 Å². The van der Waals surface area contributed by atoms with Crippen molar-refractivity contribution >= 4 is 5.91 Å². The SMILES string of the molecule is NC(=O)c1cc2n(c1)CCC2. The van der Waals surface area contributed by atoms with Crippen LogP contribution in [0.15, 0.2) is 12.3 Å². The highest BCUT2D eigenvalue weighted by molar-refractivity contribution is 5.92. The van der Waals surface area contributed by atoms with E-state index >= 15 is 0 Å². The van der Waals surface area contributed by atoms with Crippen molar-refractivity contribution < 1.29 is 4.79 Å². The second-order valence-corrected chi connectivity index (χ2v) is 2.88. The average molecular weight is 150 g/mol. The van der Waals surface area contributed by atoms with Crippen molar-refractivity contribution in [2.24, 2.45) is 5.73 Å². The van der Waals surface area contributed by atoms with Gasteiger partial charge in [0.1, 0.15) is 0 Å². The first-order chi connectivity index (χ1) is 5.27. The van der Waals surface area contributed by atoms with Gasteiger partial charge in [0.25, 0.3) is 0 Å². The van der Waals surface area contributed by atoms with Crippen LogP contribution in [0.4, 0.5) is 0 Å². The number of nitrogens with two attached hydrogens (primary N) is 1. The Morgan fingerprint density at radius 1 is 1.64 bits per heavy atom. The Morgan fingerprint density at radius 3 is 3.09 bits per heavy atom. The number of carbonyl (C=O) groups excluding carboxylic acids is 1. The molecule has 0 radical (unpaired) electrons. The smallest absolute Gasteiger partial charge is 0.250 e. The Balaban J connectivity index is 2.42. The summed E-state index contributed by atoms with van der Waals surface area (Å²) in [4.78, 5) is 10.7. The number of amides is 1. The number of carbonyl (C=O) groups is 1. The largest absolute Gasteiger partial charge is 0.366 e. The zero-order valence-corrected chi connectivity index (χ0v) is 6.21. The van der Waals surface area contributed by atoms with Crippen LogP contribution in [-0.2, 0) is 13.0 Å². The number of aromatic nitrogens is 1. The van der Waals surface area contributed by atoms with E-state index in [0.717, 1.165) is 13.0 Å². The number of nitrogens with zero attached hydrogens (tertiary/aromatic N) is 1. The number of hydrogen-bond acceptors (Lipinski definition) is 1. The predicted octanol–water partition coefficient (Wildman–Crippen LogP) is 0.533. The Labute approximate surface area is 64.8 Å². The standard InChI is InChI=1S/C8H10N2O/c9-8(11)6-4-7-2-1-3-10(7)5-6/h4-5H,1-3H2,(H2,9,11). The third-order valence-corrected chi connectivity index (χ3v) is 2.10. The predicted molar refractivity (Wildman–Crippen MR) is 41.3 cm³/mol. The molecule has 2 heterocycles. The Hall–Kier alpha value is -1.25. The summed E-state index contributed by atoms with van der Waals surface area (Å²) in [5, 5.41) is 0. The lowest BCUT2D eigenvalue weighted by Crippen LogP contribution is -2.09. The van der Waals surface area contributed by atoms with Gasteiger partial charge in [-0.1, -0.05) is 0 Å². The van der Waals surface area contributed by atoms with Crippen LogP contribution in [0.1, 0.15) is 22.5 Å². The van der Waals surface area contributed by atoms with E-state index in [-0.39, 0.29) is 5.91 Å². The fourth-order valence-electron chi connectivity index (χ4n) is 1.54. The minimum absolute atomic E-state index is 0.327. The first-order valence-electron chi connectivity index (χ1n) is 3.76. The second-order valence-electron chi connectivity index (χ2n) is 2.88. The van der Waals surface area contributed by atoms with Crippen molar-refractivity contribution in [1.82, 2.24) is 4.57 Å². The van der Waals surface area contributed by atoms with Gasteiger partial charge < -0.3 is 10.3 Å². The lowest BCUT2D eigenvalue weighted by atomic mass is 10.2. The summed E-state index contributed by atoms with van der Waals surface area (Å²) in [6.45, 7) is 1.03. The van der Waals surface area contributed by atoms with Gasteiger partial charge in [0, 0.05) is 18.4 Å². The lowest BCUT2D eigenvalue weighted by molar-refractivity contribution is 0.1000. The van der Waals surface area contributed by atoms with Crippen molar-refractivity contribution in [2.75, 3.05) is 0 Å². The maximum atomic E-state index is 10.7. The second kappa shape index (κ2) is 2.12.